The Morgan fingerprint density at radius 2 is 2.24 bits per heavy atom. The molecule has 5 nitrogen and oxygen atoms in total. The minimum Gasteiger partial charge on any atom is -0.481 e. The number of allylic oxidation sites excluding steroid dienone is 1. The molecule has 0 saturated heterocycles. The van der Waals surface area contributed by atoms with Gasteiger partial charge in [-0.3, -0.25) is 9.97 Å². The molecule has 0 atom stereocenters. The lowest BCUT2D eigenvalue weighted by Crippen LogP contribution is -2.09. The van der Waals surface area contributed by atoms with Crippen LogP contribution >= 0.6 is 15.9 Å². The zero-order valence-electron chi connectivity index (χ0n) is 11.3. The number of ether oxygens (including phenoxy) is 1. The van der Waals surface area contributed by atoms with E-state index in [9.17, 15) is 4.79 Å². The van der Waals surface area contributed by atoms with Gasteiger partial charge in [0.15, 0.2) is 6.61 Å². The summed E-state index contributed by atoms with van der Waals surface area (Å²) in [6.45, 7) is 1.58. The molecule has 21 heavy (non-hydrogen) atoms. The van der Waals surface area contributed by atoms with Crippen LogP contribution in [0.25, 0.3) is 11.6 Å². The van der Waals surface area contributed by atoms with Crippen LogP contribution in [0.2, 0.25) is 0 Å². The maximum absolute atomic E-state index is 10.5. The van der Waals surface area contributed by atoms with Crippen molar-refractivity contribution in [3.8, 4) is 5.75 Å². The van der Waals surface area contributed by atoms with Crippen LogP contribution in [-0.2, 0) is 4.79 Å². The van der Waals surface area contributed by atoms with E-state index in [1.54, 1.807) is 24.7 Å². The molecule has 0 fully saturated rings. The first-order valence-electron chi connectivity index (χ1n) is 6.15. The van der Waals surface area contributed by atoms with Gasteiger partial charge in [-0.1, -0.05) is 6.07 Å². The molecule has 0 spiro atoms. The third-order valence-electron chi connectivity index (χ3n) is 2.66. The summed E-state index contributed by atoms with van der Waals surface area (Å²) < 4.78 is 5.85. The van der Waals surface area contributed by atoms with Crippen molar-refractivity contribution in [3.05, 3.63) is 52.5 Å². The lowest BCUT2D eigenvalue weighted by atomic mass is 10.1. The van der Waals surface area contributed by atoms with Gasteiger partial charge in [0.25, 0.3) is 0 Å². The molecule has 1 aromatic heterocycles. The highest BCUT2D eigenvalue weighted by Crippen LogP contribution is 2.27. The molecule has 1 N–H and O–H groups in total. The highest BCUT2D eigenvalue weighted by molar-refractivity contribution is 9.10. The van der Waals surface area contributed by atoms with Crippen LogP contribution in [0, 0.1) is 0 Å². The number of aliphatic carboxylic acids is 1. The minimum absolute atomic E-state index is 0.369. The van der Waals surface area contributed by atoms with Gasteiger partial charge in [-0.15, -0.1) is 0 Å². The molecule has 0 radical (unpaired) electrons. The average molecular weight is 349 g/mol. The minimum atomic E-state index is -1.01. The Bertz CT molecular complexity index is 672. The monoisotopic (exact) mass is 348 g/mol. The molecule has 0 aliphatic carbocycles. The number of benzene rings is 1. The Balaban J connectivity index is 2.18. The van der Waals surface area contributed by atoms with Gasteiger partial charge in [-0.2, -0.15) is 0 Å². The van der Waals surface area contributed by atoms with Crippen LogP contribution in [0.4, 0.5) is 0 Å². The summed E-state index contributed by atoms with van der Waals surface area (Å²) in [5.74, 6) is -0.518. The first kappa shape index (κ1) is 15.2. The molecule has 6 heteroatoms. The zero-order valence-corrected chi connectivity index (χ0v) is 12.9. The van der Waals surface area contributed by atoms with Crippen LogP contribution in [0.15, 0.2) is 41.3 Å². The summed E-state index contributed by atoms with van der Waals surface area (Å²) >= 11 is 3.37. The van der Waals surface area contributed by atoms with Crippen molar-refractivity contribution in [2.24, 2.45) is 0 Å². The normalized spacial score (nSPS) is 11.2. The number of aromatic nitrogens is 2. The number of hydrogen-bond acceptors (Lipinski definition) is 4. The second-order valence-corrected chi connectivity index (χ2v) is 5.14. The Hall–Kier alpha value is -2.21. The first-order valence-corrected chi connectivity index (χ1v) is 6.94. The highest BCUT2D eigenvalue weighted by Gasteiger charge is 2.05. The second-order valence-electron chi connectivity index (χ2n) is 4.29. The van der Waals surface area contributed by atoms with Gasteiger partial charge >= 0.3 is 5.97 Å². The summed E-state index contributed by atoms with van der Waals surface area (Å²) in [5.41, 5.74) is 2.74. The lowest BCUT2D eigenvalue weighted by Gasteiger charge is -2.07. The van der Waals surface area contributed by atoms with Gasteiger partial charge in [0.1, 0.15) is 5.75 Å². The fraction of sp³-hybridized carbons (Fsp3) is 0.133. The SMILES string of the molecule is CC(=Cc1ccc(OCC(=O)O)c(Br)c1)c1cnccn1. The van der Waals surface area contributed by atoms with E-state index >= 15 is 0 Å². The number of carbonyl (C=O) groups is 1. The van der Waals surface area contributed by atoms with E-state index in [2.05, 4.69) is 25.9 Å². The van der Waals surface area contributed by atoms with Crippen molar-refractivity contribution in [1.82, 2.24) is 9.97 Å². The summed E-state index contributed by atoms with van der Waals surface area (Å²) in [6, 6.07) is 5.43. The van der Waals surface area contributed by atoms with Crippen LogP contribution in [0.5, 0.6) is 5.75 Å². The number of nitrogens with zero attached hydrogens (tertiary/aromatic N) is 2. The Morgan fingerprint density at radius 1 is 1.43 bits per heavy atom. The van der Waals surface area contributed by atoms with Crippen molar-refractivity contribution in [2.45, 2.75) is 6.92 Å². The Kier molecular flexibility index (Phi) is 5.05. The van der Waals surface area contributed by atoms with Crippen molar-refractivity contribution < 1.29 is 14.6 Å². The van der Waals surface area contributed by atoms with E-state index in [-0.39, 0.29) is 6.61 Å². The number of carboxylic acids is 1. The maximum atomic E-state index is 10.5. The Morgan fingerprint density at radius 3 is 2.86 bits per heavy atom. The second kappa shape index (κ2) is 6.99. The van der Waals surface area contributed by atoms with E-state index < -0.39 is 5.97 Å². The summed E-state index contributed by atoms with van der Waals surface area (Å²) in [6.07, 6.45) is 6.94. The fourth-order valence-corrected chi connectivity index (χ4v) is 2.20. The molecule has 1 heterocycles. The lowest BCUT2D eigenvalue weighted by molar-refractivity contribution is -0.139. The molecule has 0 amide bonds. The molecular weight excluding hydrogens is 336 g/mol. The van der Waals surface area contributed by atoms with Crippen LogP contribution in [0.3, 0.4) is 0 Å². The third-order valence-corrected chi connectivity index (χ3v) is 3.28. The highest BCUT2D eigenvalue weighted by atomic mass is 79.9. The average Bonchev–Trinajstić information content (AvgIpc) is 2.47. The topological polar surface area (TPSA) is 72.3 Å². The fourth-order valence-electron chi connectivity index (χ4n) is 1.69. The molecular formula is C15H13BrN2O3. The standard InChI is InChI=1S/C15H13BrN2O3/c1-10(13-8-17-4-5-18-13)6-11-2-3-14(12(16)7-11)21-9-15(19)20/h2-8H,9H2,1H3,(H,19,20). The first-order chi connectivity index (χ1) is 10.1. The molecule has 1 aromatic carbocycles. The van der Waals surface area contributed by atoms with Gasteiger partial charge in [0.2, 0.25) is 0 Å². The summed E-state index contributed by atoms with van der Waals surface area (Å²) in [7, 11) is 0. The van der Waals surface area contributed by atoms with Gasteiger partial charge in [0.05, 0.1) is 16.4 Å². The quantitative estimate of drug-likeness (QED) is 0.897. The third kappa shape index (κ3) is 4.39. The molecule has 0 bridgehead atoms. The van der Waals surface area contributed by atoms with E-state index in [1.165, 1.54) is 0 Å². The van der Waals surface area contributed by atoms with Gasteiger partial charge in [0, 0.05) is 12.4 Å². The molecule has 0 saturated carbocycles. The molecule has 2 rings (SSSR count). The molecule has 108 valence electrons. The summed E-state index contributed by atoms with van der Waals surface area (Å²) in [5, 5.41) is 8.60. The van der Waals surface area contributed by atoms with Crippen LogP contribution < -0.4 is 4.74 Å². The Labute approximate surface area is 130 Å². The predicted molar refractivity (Wildman–Crippen MR) is 82.8 cm³/mol. The largest absolute Gasteiger partial charge is 0.481 e. The van der Waals surface area contributed by atoms with E-state index in [1.807, 2.05) is 25.1 Å². The van der Waals surface area contributed by atoms with Crippen LogP contribution in [-0.4, -0.2) is 27.7 Å². The summed E-state index contributed by atoms with van der Waals surface area (Å²) in [4.78, 5) is 18.8. The number of hydrogen-bond donors (Lipinski definition) is 1. The van der Waals surface area contributed by atoms with Gasteiger partial charge in [-0.05, 0) is 52.2 Å². The predicted octanol–water partition coefficient (Wildman–Crippen LogP) is 3.26. The van der Waals surface area contributed by atoms with Gasteiger partial charge in [-0.25, -0.2) is 4.79 Å². The molecule has 0 aliphatic heterocycles. The van der Waals surface area contributed by atoms with E-state index in [0.717, 1.165) is 16.8 Å². The van der Waals surface area contributed by atoms with Crippen molar-refractivity contribution in [1.29, 1.82) is 0 Å². The van der Waals surface area contributed by atoms with Gasteiger partial charge < -0.3 is 9.84 Å². The smallest absolute Gasteiger partial charge is 0.341 e. The van der Waals surface area contributed by atoms with Crippen molar-refractivity contribution in [3.63, 3.8) is 0 Å². The van der Waals surface area contributed by atoms with E-state index in [4.69, 9.17) is 9.84 Å². The number of halogens is 1. The number of carboxylic acid groups (broad SMARTS) is 1. The molecule has 0 unspecified atom stereocenters. The van der Waals surface area contributed by atoms with Crippen LogP contribution in [0.1, 0.15) is 18.2 Å². The van der Waals surface area contributed by atoms with Crippen molar-refractivity contribution in [2.75, 3.05) is 6.61 Å². The van der Waals surface area contributed by atoms with Crippen molar-refractivity contribution >= 4 is 33.5 Å². The molecule has 0 aliphatic rings. The maximum Gasteiger partial charge on any atom is 0.341 e. The van der Waals surface area contributed by atoms with E-state index in [0.29, 0.717) is 10.2 Å². The number of rotatable bonds is 5. The zero-order chi connectivity index (χ0) is 15.2. The molecule has 2 aromatic rings.